The molecule has 1 N–H and O–H groups in total. The van der Waals surface area contributed by atoms with Gasteiger partial charge in [0.2, 0.25) is 0 Å². The first-order valence-corrected chi connectivity index (χ1v) is 11.4. The zero-order valence-corrected chi connectivity index (χ0v) is 18.8. The highest BCUT2D eigenvalue weighted by Gasteiger charge is 2.19. The molecule has 0 saturated carbocycles. The van der Waals surface area contributed by atoms with E-state index in [0.29, 0.717) is 0 Å². The van der Waals surface area contributed by atoms with Gasteiger partial charge in [0.1, 0.15) is 12.1 Å². The maximum atomic E-state index is 9.70. The molecule has 4 heteroatoms. The van der Waals surface area contributed by atoms with Crippen molar-refractivity contribution in [1.82, 2.24) is 4.90 Å². The van der Waals surface area contributed by atoms with Crippen molar-refractivity contribution in [3.05, 3.63) is 12.2 Å². The number of halogens is 1. The number of unbranched alkanes of at least 4 members (excludes halogenated alkanes) is 12. The van der Waals surface area contributed by atoms with Crippen molar-refractivity contribution in [2.45, 2.75) is 116 Å². The van der Waals surface area contributed by atoms with Crippen LogP contribution >= 0.6 is 12.4 Å². The van der Waals surface area contributed by atoms with Gasteiger partial charge < -0.3 is 10.0 Å². The number of aliphatic hydroxyl groups is 1. The molecule has 0 aromatic rings. The van der Waals surface area contributed by atoms with E-state index in [2.05, 4.69) is 24.1 Å². The number of hydrogen-bond acceptors (Lipinski definition) is 3. The van der Waals surface area contributed by atoms with Crippen molar-refractivity contribution >= 4 is 18.2 Å². The Morgan fingerprint density at radius 3 is 1.96 bits per heavy atom. The van der Waals surface area contributed by atoms with E-state index in [1.807, 2.05) is 11.8 Å². The summed E-state index contributed by atoms with van der Waals surface area (Å²) in [6, 6.07) is 0. The van der Waals surface area contributed by atoms with Gasteiger partial charge in [-0.3, -0.25) is 4.99 Å². The van der Waals surface area contributed by atoms with E-state index < -0.39 is 0 Å². The van der Waals surface area contributed by atoms with Crippen molar-refractivity contribution in [3.63, 3.8) is 0 Å². The number of nitrogens with zero attached hydrogens (tertiary/aromatic N) is 2. The van der Waals surface area contributed by atoms with E-state index >= 15 is 0 Å². The van der Waals surface area contributed by atoms with Gasteiger partial charge >= 0.3 is 0 Å². The van der Waals surface area contributed by atoms with E-state index in [4.69, 9.17) is 0 Å². The third kappa shape index (κ3) is 14.2. The molecule has 0 aliphatic carbocycles. The summed E-state index contributed by atoms with van der Waals surface area (Å²) in [4.78, 5) is 6.56. The Balaban J connectivity index is 0.00000676. The van der Waals surface area contributed by atoms with Crippen molar-refractivity contribution < 1.29 is 5.11 Å². The van der Waals surface area contributed by atoms with Gasteiger partial charge in [0.05, 0.1) is 6.54 Å². The topological polar surface area (TPSA) is 35.8 Å². The molecule has 1 rings (SSSR count). The molecule has 160 valence electrons. The standard InChI is InChI=1S/C23H44N2O.ClH/c1-3-4-5-6-7-8-9-10-11-12-13-14-15-16-17-18-19-23-24-20-21-25(23)22(2)26;/h10-11,22,26H,3-9,12-21H2,1-2H3;1H. The monoisotopic (exact) mass is 400 g/mol. The Labute approximate surface area is 175 Å². The van der Waals surface area contributed by atoms with Crippen LogP contribution in [0.25, 0.3) is 0 Å². The first kappa shape index (κ1) is 26.5. The minimum Gasteiger partial charge on any atom is -0.374 e. The summed E-state index contributed by atoms with van der Waals surface area (Å²) in [5.74, 6) is 1.12. The van der Waals surface area contributed by atoms with Crippen LogP contribution in [0.1, 0.15) is 110 Å². The fourth-order valence-electron chi connectivity index (χ4n) is 3.66. The van der Waals surface area contributed by atoms with E-state index in [1.54, 1.807) is 0 Å². The molecule has 0 bridgehead atoms. The van der Waals surface area contributed by atoms with Gasteiger partial charge in [-0.1, -0.05) is 76.9 Å². The molecule has 0 aromatic heterocycles. The second-order valence-corrected chi connectivity index (χ2v) is 7.81. The Morgan fingerprint density at radius 1 is 0.889 bits per heavy atom. The average Bonchev–Trinajstić information content (AvgIpc) is 3.10. The smallest absolute Gasteiger partial charge is 0.125 e. The van der Waals surface area contributed by atoms with E-state index in [9.17, 15) is 5.11 Å². The van der Waals surface area contributed by atoms with Gasteiger partial charge in [-0.25, -0.2) is 0 Å². The van der Waals surface area contributed by atoms with Crippen LogP contribution < -0.4 is 0 Å². The van der Waals surface area contributed by atoms with Crippen molar-refractivity contribution in [3.8, 4) is 0 Å². The Morgan fingerprint density at radius 2 is 1.41 bits per heavy atom. The normalized spacial score (nSPS) is 15.2. The van der Waals surface area contributed by atoms with Crippen LogP contribution in [0.3, 0.4) is 0 Å². The quantitative estimate of drug-likeness (QED) is 0.213. The summed E-state index contributed by atoms with van der Waals surface area (Å²) in [5, 5.41) is 9.70. The Hall–Kier alpha value is -0.540. The molecule has 27 heavy (non-hydrogen) atoms. The first-order chi connectivity index (χ1) is 12.8. The molecule has 0 spiro atoms. The van der Waals surface area contributed by atoms with Crippen LogP contribution in [0.2, 0.25) is 0 Å². The van der Waals surface area contributed by atoms with E-state index in [1.165, 1.54) is 89.9 Å². The SMILES string of the molecule is CCCCCCCCC=CCCCCCCCCC1=NCCN1C(C)O.Cl. The van der Waals surface area contributed by atoms with Crippen LogP contribution in [-0.4, -0.2) is 35.2 Å². The summed E-state index contributed by atoms with van der Waals surface area (Å²) in [6.07, 6.45) is 24.3. The summed E-state index contributed by atoms with van der Waals surface area (Å²) >= 11 is 0. The van der Waals surface area contributed by atoms with Gasteiger partial charge in [-0.05, 0) is 39.0 Å². The molecule has 1 aliphatic rings. The number of aliphatic hydroxyl groups excluding tert-OH is 1. The zero-order chi connectivity index (χ0) is 18.9. The highest BCUT2D eigenvalue weighted by atomic mass is 35.5. The van der Waals surface area contributed by atoms with Crippen LogP contribution in [0.5, 0.6) is 0 Å². The maximum absolute atomic E-state index is 9.70. The molecule has 1 atom stereocenters. The largest absolute Gasteiger partial charge is 0.374 e. The molecule has 0 saturated heterocycles. The first-order valence-electron chi connectivity index (χ1n) is 11.4. The van der Waals surface area contributed by atoms with Gasteiger partial charge in [-0.15, -0.1) is 12.4 Å². The predicted molar refractivity (Wildman–Crippen MR) is 122 cm³/mol. The third-order valence-electron chi connectivity index (χ3n) is 5.33. The number of rotatable bonds is 17. The second kappa shape index (κ2) is 18.8. The third-order valence-corrected chi connectivity index (χ3v) is 5.33. The molecular weight excluding hydrogens is 356 g/mol. The lowest BCUT2D eigenvalue weighted by atomic mass is 10.1. The molecule has 0 amide bonds. The van der Waals surface area contributed by atoms with Crippen LogP contribution in [-0.2, 0) is 0 Å². The predicted octanol–water partition coefficient (Wildman–Crippen LogP) is 6.89. The summed E-state index contributed by atoms with van der Waals surface area (Å²) < 4.78 is 0. The van der Waals surface area contributed by atoms with Crippen molar-refractivity contribution in [2.75, 3.05) is 13.1 Å². The average molecular weight is 401 g/mol. The van der Waals surface area contributed by atoms with Crippen LogP contribution in [0, 0.1) is 0 Å². The van der Waals surface area contributed by atoms with E-state index in [-0.39, 0.29) is 18.6 Å². The minimum atomic E-state index is -0.384. The van der Waals surface area contributed by atoms with Gasteiger partial charge in [0, 0.05) is 13.0 Å². The fourth-order valence-corrected chi connectivity index (χ4v) is 3.66. The Kier molecular flexibility index (Phi) is 18.4. The molecule has 3 nitrogen and oxygen atoms in total. The van der Waals surface area contributed by atoms with Gasteiger partial charge in [-0.2, -0.15) is 0 Å². The lowest BCUT2D eigenvalue weighted by Gasteiger charge is -2.23. The summed E-state index contributed by atoms with van der Waals surface area (Å²) in [5.41, 5.74) is 0. The zero-order valence-electron chi connectivity index (χ0n) is 18.0. The molecular formula is C23H45ClN2O. The molecule has 0 aromatic carbocycles. The highest BCUT2D eigenvalue weighted by Crippen LogP contribution is 2.14. The lowest BCUT2D eigenvalue weighted by molar-refractivity contribution is 0.0766. The second-order valence-electron chi connectivity index (χ2n) is 7.81. The van der Waals surface area contributed by atoms with Gasteiger partial charge in [0.15, 0.2) is 0 Å². The molecule has 1 unspecified atom stereocenters. The molecule has 1 aliphatic heterocycles. The summed E-state index contributed by atoms with van der Waals surface area (Å²) in [6.45, 7) is 5.86. The number of allylic oxidation sites excluding steroid dienone is 2. The van der Waals surface area contributed by atoms with Crippen molar-refractivity contribution in [2.24, 2.45) is 4.99 Å². The fraction of sp³-hybridized carbons (Fsp3) is 0.870. The lowest BCUT2D eigenvalue weighted by Crippen LogP contribution is -2.35. The van der Waals surface area contributed by atoms with Gasteiger partial charge in [0.25, 0.3) is 0 Å². The molecule has 1 heterocycles. The summed E-state index contributed by atoms with van der Waals surface area (Å²) in [7, 11) is 0. The van der Waals surface area contributed by atoms with Crippen molar-refractivity contribution in [1.29, 1.82) is 0 Å². The van der Waals surface area contributed by atoms with Crippen LogP contribution in [0.15, 0.2) is 17.1 Å². The maximum Gasteiger partial charge on any atom is 0.125 e. The molecule has 0 fully saturated rings. The minimum absolute atomic E-state index is 0. The number of hydrogen-bond donors (Lipinski definition) is 1. The Bertz CT molecular complexity index is 383. The highest BCUT2D eigenvalue weighted by molar-refractivity contribution is 5.85. The number of amidine groups is 1. The van der Waals surface area contributed by atoms with Crippen LogP contribution in [0.4, 0.5) is 0 Å². The number of aliphatic imine (C=N–C) groups is 1. The molecule has 0 radical (unpaired) electrons. The van der Waals surface area contributed by atoms with E-state index in [0.717, 1.165) is 25.3 Å².